The molecule has 3 aromatic rings. The van der Waals surface area contributed by atoms with Gasteiger partial charge in [-0.25, -0.2) is 15.4 Å². The quantitative estimate of drug-likeness (QED) is 0.227. The second kappa shape index (κ2) is 9.95. The lowest BCUT2D eigenvalue weighted by molar-refractivity contribution is -0.137. The van der Waals surface area contributed by atoms with Crippen molar-refractivity contribution in [3.8, 4) is 0 Å². The monoisotopic (exact) mass is 458 g/mol. The third-order valence-electron chi connectivity index (χ3n) is 4.48. The van der Waals surface area contributed by atoms with Gasteiger partial charge in [0.15, 0.2) is 5.16 Å². The first kappa shape index (κ1) is 23.5. The topological polar surface area (TPSA) is 67.2 Å². The molecule has 0 fully saturated rings. The van der Waals surface area contributed by atoms with E-state index in [1.54, 1.807) is 12.1 Å². The van der Waals surface area contributed by atoms with Gasteiger partial charge in [-0.3, -0.25) is 4.79 Å². The molecular formula is C23H21F3N4OS. The molecular weight excluding hydrogens is 437 g/mol. The Morgan fingerprint density at radius 1 is 1.00 bits per heavy atom. The number of aromatic nitrogens is 2. The van der Waals surface area contributed by atoms with Crippen LogP contribution in [0.3, 0.4) is 0 Å². The van der Waals surface area contributed by atoms with Crippen LogP contribution >= 0.6 is 11.8 Å². The number of nitrogens with zero attached hydrogens (tertiary/aromatic N) is 3. The first-order valence-corrected chi connectivity index (χ1v) is 10.7. The Morgan fingerprint density at radius 3 is 2.28 bits per heavy atom. The highest BCUT2D eigenvalue weighted by atomic mass is 32.2. The molecule has 0 aliphatic rings. The largest absolute Gasteiger partial charge is 0.416 e. The van der Waals surface area contributed by atoms with Gasteiger partial charge >= 0.3 is 6.18 Å². The Bertz CT molecular complexity index is 1120. The normalized spacial score (nSPS) is 12.0. The molecule has 1 aromatic heterocycles. The molecule has 0 atom stereocenters. The van der Waals surface area contributed by atoms with E-state index >= 15 is 0 Å². The van der Waals surface area contributed by atoms with E-state index in [2.05, 4.69) is 20.5 Å². The predicted molar refractivity (Wildman–Crippen MR) is 119 cm³/mol. The van der Waals surface area contributed by atoms with Gasteiger partial charge in [0.25, 0.3) is 5.91 Å². The fraction of sp³-hybridized carbons (Fsp3) is 0.217. The van der Waals surface area contributed by atoms with E-state index in [-0.39, 0.29) is 11.3 Å². The number of hydrazone groups is 1. The van der Waals surface area contributed by atoms with E-state index in [0.29, 0.717) is 16.5 Å². The Kier molecular flexibility index (Phi) is 7.29. The lowest BCUT2D eigenvalue weighted by atomic mass is 10.1. The molecule has 1 N–H and O–H groups in total. The number of nitrogens with one attached hydrogen (secondary N) is 1. The minimum absolute atomic E-state index is 0.269. The number of halogens is 3. The van der Waals surface area contributed by atoms with Crippen molar-refractivity contribution in [3.63, 3.8) is 0 Å². The van der Waals surface area contributed by atoms with Crippen molar-refractivity contribution in [1.29, 1.82) is 0 Å². The average molecular weight is 459 g/mol. The fourth-order valence-electron chi connectivity index (χ4n) is 2.84. The van der Waals surface area contributed by atoms with Crippen molar-refractivity contribution in [2.45, 2.75) is 37.9 Å². The Balaban J connectivity index is 1.61. The van der Waals surface area contributed by atoms with Crippen LogP contribution in [0.5, 0.6) is 0 Å². The predicted octanol–water partition coefficient (Wildman–Crippen LogP) is 5.56. The number of thioether (sulfide) groups is 1. The van der Waals surface area contributed by atoms with E-state index in [4.69, 9.17) is 0 Å². The summed E-state index contributed by atoms with van der Waals surface area (Å²) in [6.45, 7) is 5.37. The highest BCUT2D eigenvalue weighted by Crippen LogP contribution is 2.29. The number of hydrogen-bond donors (Lipinski definition) is 1. The number of benzene rings is 2. The van der Waals surface area contributed by atoms with Gasteiger partial charge in [-0.2, -0.15) is 18.3 Å². The summed E-state index contributed by atoms with van der Waals surface area (Å²) in [5.74, 6) is 0.200. The first-order chi connectivity index (χ1) is 15.1. The maximum Gasteiger partial charge on any atom is 0.416 e. The van der Waals surface area contributed by atoms with Gasteiger partial charge in [0.2, 0.25) is 0 Å². The molecule has 5 nitrogen and oxygen atoms in total. The van der Waals surface area contributed by atoms with Crippen LogP contribution in [-0.2, 0) is 11.9 Å². The summed E-state index contributed by atoms with van der Waals surface area (Å²) in [6, 6.07) is 13.7. The Morgan fingerprint density at radius 2 is 1.66 bits per heavy atom. The van der Waals surface area contributed by atoms with E-state index in [9.17, 15) is 18.0 Å². The van der Waals surface area contributed by atoms with E-state index in [0.717, 1.165) is 29.1 Å². The van der Waals surface area contributed by atoms with Gasteiger partial charge in [0.05, 0.1) is 11.3 Å². The molecule has 0 aliphatic heterocycles. The van der Waals surface area contributed by atoms with Crippen LogP contribution in [-0.4, -0.2) is 21.6 Å². The van der Waals surface area contributed by atoms with Crippen molar-refractivity contribution in [1.82, 2.24) is 15.4 Å². The fourth-order valence-corrected chi connectivity index (χ4v) is 3.75. The molecule has 2 aromatic carbocycles. The number of carbonyl (C=O) groups is 1. The minimum Gasteiger partial charge on any atom is -0.267 e. The summed E-state index contributed by atoms with van der Waals surface area (Å²) in [5.41, 5.74) is 5.38. The van der Waals surface area contributed by atoms with Crippen molar-refractivity contribution in [3.05, 3.63) is 88.2 Å². The highest BCUT2D eigenvalue weighted by Gasteiger charge is 2.30. The maximum absolute atomic E-state index is 12.9. The molecule has 0 spiro atoms. The summed E-state index contributed by atoms with van der Waals surface area (Å²) in [4.78, 5) is 21.1. The number of amides is 1. The van der Waals surface area contributed by atoms with Crippen molar-refractivity contribution in [2.75, 3.05) is 0 Å². The molecule has 32 heavy (non-hydrogen) atoms. The lowest BCUT2D eigenvalue weighted by Gasteiger charge is -2.09. The van der Waals surface area contributed by atoms with E-state index < -0.39 is 17.6 Å². The number of hydrogen-bond acceptors (Lipinski definition) is 5. The van der Waals surface area contributed by atoms with Crippen LogP contribution in [0.1, 0.15) is 45.4 Å². The van der Waals surface area contributed by atoms with Gasteiger partial charge in [-0.1, -0.05) is 36.0 Å². The van der Waals surface area contributed by atoms with Crippen LogP contribution < -0.4 is 5.43 Å². The molecule has 1 amide bonds. The van der Waals surface area contributed by atoms with Crippen LogP contribution in [0.15, 0.2) is 64.9 Å². The summed E-state index contributed by atoms with van der Waals surface area (Å²) in [7, 11) is 0. The molecule has 1 heterocycles. The summed E-state index contributed by atoms with van der Waals surface area (Å²) >= 11 is 1.51. The van der Waals surface area contributed by atoms with Crippen molar-refractivity contribution in [2.24, 2.45) is 5.10 Å². The summed E-state index contributed by atoms with van der Waals surface area (Å²) in [5, 5.41) is 4.64. The molecule has 0 radical (unpaired) electrons. The van der Waals surface area contributed by atoms with Gasteiger partial charge in [0.1, 0.15) is 0 Å². The van der Waals surface area contributed by atoms with Crippen LogP contribution in [0.2, 0.25) is 0 Å². The molecule has 0 unspecified atom stereocenters. The molecule has 9 heteroatoms. The standard InChI is InChI=1S/C23H21F3N4OS/c1-14-11-15(2)28-22(27-14)32-13-17-7-9-18(10-8-17)21(31)30-29-16(3)19-5-4-6-20(12-19)23(24,25)26/h4-12H,13H2,1-3H3,(H,30,31). The third-order valence-corrected chi connectivity index (χ3v) is 5.40. The van der Waals surface area contributed by atoms with Gasteiger partial charge < -0.3 is 0 Å². The maximum atomic E-state index is 12.9. The SMILES string of the molecule is CC(=NNC(=O)c1ccc(CSc2nc(C)cc(C)n2)cc1)c1cccc(C(F)(F)F)c1. The van der Waals surface area contributed by atoms with E-state index in [1.165, 1.54) is 30.8 Å². The molecule has 3 rings (SSSR count). The second-order valence-electron chi connectivity index (χ2n) is 7.14. The van der Waals surface area contributed by atoms with Crippen molar-refractivity contribution >= 4 is 23.4 Å². The number of rotatable bonds is 6. The summed E-state index contributed by atoms with van der Waals surface area (Å²) < 4.78 is 38.6. The van der Waals surface area contributed by atoms with E-state index in [1.807, 2.05) is 32.0 Å². The Labute approximate surface area is 188 Å². The number of carbonyl (C=O) groups excluding carboxylic acids is 1. The second-order valence-corrected chi connectivity index (χ2v) is 8.08. The molecule has 0 bridgehead atoms. The number of aryl methyl sites for hydroxylation is 2. The average Bonchev–Trinajstić information content (AvgIpc) is 2.75. The zero-order valence-electron chi connectivity index (χ0n) is 17.7. The third kappa shape index (κ3) is 6.40. The van der Waals surface area contributed by atoms with Crippen LogP contribution in [0.25, 0.3) is 0 Å². The first-order valence-electron chi connectivity index (χ1n) is 9.68. The van der Waals surface area contributed by atoms with Crippen LogP contribution in [0, 0.1) is 13.8 Å². The zero-order chi connectivity index (χ0) is 23.3. The van der Waals surface area contributed by atoms with Gasteiger partial charge in [-0.15, -0.1) is 0 Å². The molecule has 0 aliphatic carbocycles. The van der Waals surface area contributed by atoms with Crippen LogP contribution in [0.4, 0.5) is 13.2 Å². The number of alkyl halides is 3. The van der Waals surface area contributed by atoms with Crippen molar-refractivity contribution < 1.29 is 18.0 Å². The van der Waals surface area contributed by atoms with Gasteiger partial charge in [0, 0.05) is 22.7 Å². The van der Waals surface area contributed by atoms with Gasteiger partial charge in [-0.05, 0) is 62.2 Å². The molecule has 0 saturated heterocycles. The smallest absolute Gasteiger partial charge is 0.267 e. The molecule has 0 saturated carbocycles. The Hall–Kier alpha value is -3.20. The zero-order valence-corrected chi connectivity index (χ0v) is 18.5. The summed E-state index contributed by atoms with van der Waals surface area (Å²) in [6.07, 6.45) is -4.44. The lowest BCUT2D eigenvalue weighted by Crippen LogP contribution is -2.19. The highest BCUT2D eigenvalue weighted by molar-refractivity contribution is 7.98. The minimum atomic E-state index is -4.44. The molecule has 166 valence electrons.